The molecule has 8 nitrogen and oxygen atoms in total. The second-order valence-corrected chi connectivity index (χ2v) is 8.88. The second kappa shape index (κ2) is 7.91. The zero-order valence-corrected chi connectivity index (χ0v) is 18.3. The van der Waals surface area contributed by atoms with E-state index in [1.807, 2.05) is 36.9 Å². The van der Waals surface area contributed by atoms with Gasteiger partial charge in [-0.2, -0.15) is 4.98 Å². The lowest BCUT2D eigenvalue weighted by atomic mass is 9.77. The average molecular weight is 415 g/mol. The molecule has 2 saturated heterocycles. The van der Waals surface area contributed by atoms with E-state index >= 15 is 0 Å². The van der Waals surface area contributed by atoms with Crippen LogP contribution in [0.4, 0.5) is 0 Å². The highest BCUT2D eigenvalue weighted by Gasteiger charge is 2.53. The first-order chi connectivity index (χ1) is 14.3. The van der Waals surface area contributed by atoms with E-state index in [1.54, 1.807) is 14.2 Å². The lowest BCUT2D eigenvalue weighted by molar-refractivity contribution is -0.141. The van der Waals surface area contributed by atoms with E-state index in [9.17, 15) is 4.79 Å². The summed E-state index contributed by atoms with van der Waals surface area (Å²) in [7, 11) is 5.33. The number of carbonyl (C=O) groups excluding carboxylic acids is 1. The Morgan fingerprint density at radius 1 is 1.27 bits per heavy atom. The van der Waals surface area contributed by atoms with Crippen LogP contribution in [0.15, 0.2) is 22.7 Å². The van der Waals surface area contributed by atoms with E-state index in [4.69, 9.17) is 14.0 Å². The third-order valence-corrected chi connectivity index (χ3v) is 6.23. The van der Waals surface area contributed by atoms with Crippen LogP contribution < -0.4 is 9.47 Å². The molecule has 1 aromatic carbocycles. The van der Waals surface area contributed by atoms with Gasteiger partial charge in [-0.15, -0.1) is 0 Å². The molecule has 0 radical (unpaired) electrons. The van der Waals surface area contributed by atoms with Crippen LogP contribution in [0.1, 0.15) is 49.5 Å². The van der Waals surface area contributed by atoms with Crippen molar-refractivity contribution in [3.8, 4) is 11.5 Å². The van der Waals surface area contributed by atoms with E-state index in [0.29, 0.717) is 18.1 Å². The van der Waals surface area contributed by atoms with Crippen LogP contribution in [0.5, 0.6) is 11.5 Å². The molecular formula is C22H30N4O4. The smallest absolute Gasteiger partial charge is 0.229 e. The fourth-order valence-corrected chi connectivity index (χ4v) is 4.64. The maximum Gasteiger partial charge on any atom is 0.229 e. The van der Waals surface area contributed by atoms with Gasteiger partial charge in [-0.1, -0.05) is 19.0 Å². The molecule has 8 heteroatoms. The molecule has 1 amide bonds. The number of hydrogen-bond acceptors (Lipinski definition) is 7. The quantitative estimate of drug-likeness (QED) is 0.719. The maximum atomic E-state index is 12.9. The summed E-state index contributed by atoms with van der Waals surface area (Å²) in [5.41, 5.74) is 0.948. The van der Waals surface area contributed by atoms with E-state index in [1.165, 1.54) is 0 Å². The highest BCUT2D eigenvalue weighted by Crippen LogP contribution is 2.47. The predicted octanol–water partition coefficient (Wildman–Crippen LogP) is 2.66. The molecule has 0 bridgehead atoms. The molecule has 162 valence electrons. The van der Waals surface area contributed by atoms with Crippen LogP contribution in [-0.2, 0) is 11.2 Å². The number of aromatic nitrogens is 2. The van der Waals surface area contributed by atoms with E-state index in [2.05, 4.69) is 22.1 Å². The Balaban J connectivity index is 1.39. The van der Waals surface area contributed by atoms with Gasteiger partial charge < -0.3 is 18.9 Å². The van der Waals surface area contributed by atoms with Crippen LogP contribution in [0.3, 0.4) is 0 Å². The molecule has 1 atom stereocenters. The van der Waals surface area contributed by atoms with Crippen LogP contribution in [0, 0.1) is 5.41 Å². The van der Waals surface area contributed by atoms with Gasteiger partial charge in [0.05, 0.1) is 26.7 Å². The monoisotopic (exact) mass is 414 g/mol. The lowest BCUT2D eigenvalue weighted by Gasteiger charge is -2.48. The molecule has 0 N–H and O–H groups in total. The predicted molar refractivity (Wildman–Crippen MR) is 111 cm³/mol. The Morgan fingerprint density at radius 3 is 2.67 bits per heavy atom. The van der Waals surface area contributed by atoms with Gasteiger partial charge in [0.2, 0.25) is 11.8 Å². The summed E-state index contributed by atoms with van der Waals surface area (Å²) in [6.07, 6.45) is 1.24. The molecule has 2 aliphatic rings. The van der Waals surface area contributed by atoms with Gasteiger partial charge in [0.1, 0.15) is 11.5 Å². The van der Waals surface area contributed by atoms with Gasteiger partial charge in [0.15, 0.2) is 5.82 Å². The number of rotatable bonds is 6. The molecule has 30 heavy (non-hydrogen) atoms. The van der Waals surface area contributed by atoms with Crippen LogP contribution in [0.2, 0.25) is 0 Å². The molecule has 0 aliphatic carbocycles. The minimum absolute atomic E-state index is 0.103. The number of ether oxygens (including phenoxy) is 2. The highest BCUT2D eigenvalue weighted by atomic mass is 16.5. The molecule has 2 fully saturated rings. The SMILES string of the molecule is COc1ccc(OC)c(CC(=O)N2CC3(CC(c4noc(C(C)C)n4)N(C)C3)C2)c1. The maximum absolute atomic E-state index is 12.9. The van der Waals surface area contributed by atoms with Crippen LogP contribution >= 0.6 is 0 Å². The number of likely N-dealkylation sites (tertiary alicyclic amines) is 2. The summed E-state index contributed by atoms with van der Waals surface area (Å²) in [6, 6.07) is 5.68. The van der Waals surface area contributed by atoms with Gasteiger partial charge in [-0.25, -0.2) is 0 Å². The number of methoxy groups -OCH3 is 2. The Labute approximate surface area is 177 Å². The fraction of sp³-hybridized carbons (Fsp3) is 0.591. The summed E-state index contributed by atoms with van der Waals surface area (Å²) in [4.78, 5) is 21.7. The van der Waals surface area contributed by atoms with Crippen molar-refractivity contribution >= 4 is 5.91 Å². The number of amides is 1. The third kappa shape index (κ3) is 3.76. The Morgan fingerprint density at radius 2 is 2.03 bits per heavy atom. The third-order valence-electron chi connectivity index (χ3n) is 6.23. The second-order valence-electron chi connectivity index (χ2n) is 8.88. The summed E-state index contributed by atoms with van der Waals surface area (Å²) in [5.74, 6) is 3.19. The summed E-state index contributed by atoms with van der Waals surface area (Å²) < 4.78 is 16.1. The van der Waals surface area contributed by atoms with Crippen molar-refractivity contribution in [2.45, 2.75) is 38.6 Å². The van der Waals surface area contributed by atoms with Crippen LogP contribution in [0.25, 0.3) is 0 Å². The first-order valence-corrected chi connectivity index (χ1v) is 10.4. The normalized spacial score (nSPS) is 20.6. The Hall–Kier alpha value is -2.61. The van der Waals surface area contributed by atoms with E-state index < -0.39 is 0 Å². The van der Waals surface area contributed by atoms with Crippen molar-refractivity contribution in [3.05, 3.63) is 35.5 Å². The number of benzene rings is 1. The minimum atomic E-state index is 0.103. The standard InChI is InChI=1S/C22H30N4O4/c1-14(2)21-23-20(24-30-21)17-10-22(11-25(17)3)12-26(13-22)19(27)9-15-8-16(28-4)6-7-18(15)29-5/h6-8,14,17H,9-13H2,1-5H3. The fourth-order valence-electron chi connectivity index (χ4n) is 4.64. The Kier molecular flexibility index (Phi) is 5.44. The van der Waals surface area contributed by atoms with Crippen molar-refractivity contribution < 1.29 is 18.8 Å². The van der Waals surface area contributed by atoms with Crippen molar-refractivity contribution in [1.82, 2.24) is 19.9 Å². The van der Waals surface area contributed by atoms with Gasteiger partial charge >= 0.3 is 0 Å². The molecule has 1 aromatic heterocycles. The molecule has 2 aromatic rings. The zero-order chi connectivity index (χ0) is 21.5. The first kappa shape index (κ1) is 20.7. The molecule has 3 heterocycles. The highest BCUT2D eigenvalue weighted by molar-refractivity contribution is 5.80. The van der Waals surface area contributed by atoms with Gasteiger partial charge in [-0.05, 0) is 31.7 Å². The van der Waals surface area contributed by atoms with Crippen molar-refractivity contribution in [3.63, 3.8) is 0 Å². The van der Waals surface area contributed by atoms with Crippen molar-refractivity contribution in [1.29, 1.82) is 0 Å². The Bertz CT molecular complexity index is 920. The first-order valence-electron chi connectivity index (χ1n) is 10.4. The molecular weight excluding hydrogens is 384 g/mol. The molecule has 4 rings (SSSR count). The molecule has 1 unspecified atom stereocenters. The molecule has 1 spiro atoms. The summed E-state index contributed by atoms with van der Waals surface area (Å²) in [5, 5.41) is 4.21. The molecule has 2 aliphatic heterocycles. The van der Waals surface area contributed by atoms with Gasteiger partial charge in [0, 0.05) is 36.5 Å². The number of carbonyl (C=O) groups is 1. The largest absolute Gasteiger partial charge is 0.497 e. The zero-order valence-electron chi connectivity index (χ0n) is 18.3. The average Bonchev–Trinajstić information content (AvgIpc) is 3.31. The topological polar surface area (TPSA) is 80.9 Å². The van der Waals surface area contributed by atoms with E-state index in [0.717, 1.165) is 43.2 Å². The number of hydrogen-bond donors (Lipinski definition) is 0. The summed E-state index contributed by atoms with van der Waals surface area (Å²) >= 11 is 0. The van der Waals surface area contributed by atoms with Crippen LogP contribution in [-0.4, -0.2) is 66.7 Å². The van der Waals surface area contributed by atoms with Crippen molar-refractivity contribution in [2.24, 2.45) is 5.41 Å². The summed E-state index contributed by atoms with van der Waals surface area (Å²) in [6.45, 7) is 6.53. The van der Waals surface area contributed by atoms with Crippen molar-refractivity contribution in [2.75, 3.05) is 40.9 Å². The van der Waals surface area contributed by atoms with Gasteiger partial charge in [0.25, 0.3) is 0 Å². The lowest BCUT2D eigenvalue weighted by Crippen LogP contribution is -2.59. The van der Waals surface area contributed by atoms with E-state index in [-0.39, 0.29) is 23.3 Å². The minimum Gasteiger partial charge on any atom is -0.497 e. The number of nitrogens with zero attached hydrogens (tertiary/aromatic N) is 4. The van der Waals surface area contributed by atoms with Gasteiger partial charge in [-0.3, -0.25) is 9.69 Å². The molecule has 0 saturated carbocycles.